The molecule has 0 aliphatic rings. The number of benzene rings is 1. The Bertz CT molecular complexity index is 552. The summed E-state index contributed by atoms with van der Waals surface area (Å²) in [6.45, 7) is 1.50. The van der Waals surface area contributed by atoms with E-state index in [1.54, 1.807) is 6.07 Å². The molecule has 108 valence electrons. The first-order valence-electron chi connectivity index (χ1n) is 5.38. The molecule has 0 aromatic heterocycles. The van der Waals surface area contributed by atoms with Crippen LogP contribution in [0, 0.1) is 11.3 Å². The highest BCUT2D eigenvalue weighted by Gasteiger charge is 2.35. The third-order valence-corrected chi connectivity index (χ3v) is 3.00. The van der Waals surface area contributed by atoms with E-state index < -0.39 is 33.7 Å². The number of thioether (sulfide) groups is 1. The van der Waals surface area contributed by atoms with E-state index in [0.29, 0.717) is 0 Å². The van der Waals surface area contributed by atoms with Gasteiger partial charge in [-0.25, -0.2) is 4.79 Å². The number of nitrogens with zero attached hydrogens (tertiary/aromatic N) is 1. The molecule has 1 aromatic rings. The number of rotatable bonds is 4. The van der Waals surface area contributed by atoms with Gasteiger partial charge < -0.3 is 9.47 Å². The summed E-state index contributed by atoms with van der Waals surface area (Å²) in [4.78, 5) is 11.3. The van der Waals surface area contributed by atoms with Crippen LogP contribution in [0.4, 0.5) is 13.2 Å². The van der Waals surface area contributed by atoms with Crippen molar-refractivity contribution < 1.29 is 27.4 Å². The molecule has 0 saturated heterocycles. The van der Waals surface area contributed by atoms with Crippen LogP contribution in [0.3, 0.4) is 0 Å². The minimum atomic E-state index is -4.62. The van der Waals surface area contributed by atoms with Crippen molar-refractivity contribution in [3.05, 3.63) is 23.3 Å². The van der Waals surface area contributed by atoms with Gasteiger partial charge in [-0.3, -0.25) is 0 Å². The standard InChI is InChI=1S/C12H10F3NO3S/c1-3-19-11(17)9-7(6-16)4-5-8(18-2)10(9)20-12(13,14)15/h4-5H,3H2,1-2H3. The van der Waals surface area contributed by atoms with Gasteiger partial charge in [-0.15, -0.1) is 0 Å². The van der Waals surface area contributed by atoms with Gasteiger partial charge in [0.25, 0.3) is 0 Å². The van der Waals surface area contributed by atoms with Gasteiger partial charge in [-0.2, -0.15) is 18.4 Å². The smallest absolute Gasteiger partial charge is 0.446 e. The largest absolute Gasteiger partial charge is 0.496 e. The van der Waals surface area contributed by atoms with Crippen LogP contribution in [0.1, 0.15) is 22.8 Å². The maximum absolute atomic E-state index is 12.6. The Kier molecular flexibility index (Phi) is 5.27. The predicted molar refractivity (Wildman–Crippen MR) is 65.6 cm³/mol. The van der Waals surface area contributed by atoms with E-state index in [2.05, 4.69) is 0 Å². The van der Waals surface area contributed by atoms with Gasteiger partial charge in [0, 0.05) is 0 Å². The highest BCUT2D eigenvalue weighted by Crippen LogP contribution is 2.44. The molecule has 0 fully saturated rings. The summed E-state index contributed by atoms with van der Waals surface area (Å²) in [5, 5.41) is 8.93. The van der Waals surface area contributed by atoms with E-state index in [-0.39, 0.29) is 17.9 Å². The molecule has 0 amide bonds. The summed E-state index contributed by atoms with van der Waals surface area (Å²) in [7, 11) is 1.18. The fraction of sp³-hybridized carbons (Fsp3) is 0.333. The van der Waals surface area contributed by atoms with Crippen LogP contribution in [0.15, 0.2) is 17.0 Å². The fourth-order valence-corrected chi connectivity index (χ4v) is 2.22. The number of methoxy groups -OCH3 is 1. The van der Waals surface area contributed by atoms with Gasteiger partial charge in [0.2, 0.25) is 0 Å². The van der Waals surface area contributed by atoms with Gasteiger partial charge in [0.15, 0.2) is 0 Å². The Morgan fingerprint density at radius 1 is 1.45 bits per heavy atom. The average molecular weight is 305 g/mol. The van der Waals surface area contributed by atoms with Crippen LogP contribution in [-0.2, 0) is 4.74 Å². The lowest BCUT2D eigenvalue weighted by atomic mass is 10.1. The summed E-state index contributed by atoms with van der Waals surface area (Å²) >= 11 is -0.515. The van der Waals surface area contributed by atoms with Crippen molar-refractivity contribution in [3.8, 4) is 11.8 Å². The lowest BCUT2D eigenvalue weighted by Crippen LogP contribution is -2.12. The molecule has 0 saturated carbocycles. The lowest BCUT2D eigenvalue weighted by molar-refractivity contribution is -0.0329. The van der Waals surface area contributed by atoms with Crippen molar-refractivity contribution in [1.82, 2.24) is 0 Å². The molecule has 0 bridgehead atoms. The van der Waals surface area contributed by atoms with Crippen molar-refractivity contribution in [2.24, 2.45) is 0 Å². The minimum absolute atomic E-state index is 0.0168. The molecule has 1 aromatic carbocycles. The third-order valence-electron chi connectivity index (χ3n) is 2.16. The number of carbonyl (C=O) groups is 1. The molecule has 4 nitrogen and oxygen atoms in total. The normalized spacial score (nSPS) is 10.8. The molecular formula is C12H10F3NO3S. The molecule has 0 unspecified atom stereocenters. The zero-order valence-electron chi connectivity index (χ0n) is 10.6. The number of nitriles is 1. The molecule has 0 spiro atoms. The van der Waals surface area contributed by atoms with Crippen molar-refractivity contribution in [2.75, 3.05) is 13.7 Å². The predicted octanol–water partition coefficient (Wildman–Crippen LogP) is 3.36. The van der Waals surface area contributed by atoms with Crippen LogP contribution >= 0.6 is 11.8 Å². The summed E-state index contributed by atoms with van der Waals surface area (Å²) in [5.41, 5.74) is -5.25. The molecule has 0 heterocycles. The third kappa shape index (κ3) is 3.81. The summed E-state index contributed by atoms with van der Waals surface area (Å²) in [5.74, 6) is -1.14. The molecule has 0 radical (unpaired) electrons. The molecule has 0 atom stereocenters. The zero-order valence-corrected chi connectivity index (χ0v) is 11.4. The van der Waals surface area contributed by atoms with E-state index in [0.717, 1.165) is 0 Å². The van der Waals surface area contributed by atoms with Gasteiger partial charge >= 0.3 is 11.5 Å². The first-order chi connectivity index (χ1) is 9.34. The van der Waals surface area contributed by atoms with Crippen molar-refractivity contribution in [2.45, 2.75) is 17.3 Å². The highest BCUT2D eigenvalue weighted by molar-refractivity contribution is 8.00. The van der Waals surface area contributed by atoms with E-state index in [1.807, 2.05) is 0 Å². The van der Waals surface area contributed by atoms with Crippen LogP contribution in [0.25, 0.3) is 0 Å². The average Bonchev–Trinajstić information content (AvgIpc) is 2.36. The number of carbonyl (C=O) groups excluding carboxylic acids is 1. The number of alkyl halides is 3. The summed E-state index contributed by atoms with van der Waals surface area (Å²) in [6, 6.07) is 4.09. The Balaban J connectivity index is 3.49. The molecule has 8 heteroatoms. The fourth-order valence-electron chi connectivity index (χ4n) is 1.44. The highest BCUT2D eigenvalue weighted by atomic mass is 32.2. The number of esters is 1. The number of ether oxygens (including phenoxy) is 2. The first-order valence-corrected chi connectivity index (χ1v) is 6.19. The topological polar surface area (TPSA) is 59.3 Å². The molecule has 0 aliphatic heterocycles. The second-order valence-corrected chi connectivity index (χ2v) is 4.47. The Labute approximate surface area is 117 Å². The van der Waals surface area contributed by atoms with Crippen LogP contribution < -0.4 is 4.74 Å². The molecule has 0 aliphatic carbocycles. The second kappa shape index (κ2) is 6.52. The van der Waals surface area contributed by atoms with Gasteiger partial charge in [0.1, 0.15) is 11.8 Å². The van der Waals surface area contributed by atoms with Crippen molar-refractivity contribution >= 4 is 17.7 Å². The van der Waals surface area contributed by atoms with Gasteiger partial charge in [0.05, 0.1) is 29.7 Å². The number of halogens is 3. The van der Waals surface area contributed by atoms with E-state index in [1.165, 1.54) is 26.2 Å². The lowest BCUT2D eigenvalue weighted by Gasteiger charge is -2.15. The Morgan fingerprint density at radius 3 is 2.55 bits per heavy atom. The monoisotopic (exact) mass is 305 g/mol. The quantitative estimate of drug-likeness (QED) is 0.630. The SMILES string of the molecule is CCOC(=O)c1c(C#N)ccc(OC)c1SC(F)(F)F. The van der Waals surface area contributed by atoms with Crippen LogP contribution in [-0.4, -0.2) is 25.2 Å². The van der Waals surface area contributed by atoms with Gasteiger partial charge in [-0.1, -0.05) is 0 Å². The second-order valence-electron chi connectivity index (χ2n) is 3.40. The molecule has 20 heavy (non-hydrogen) atoms. The Hall–Kier alpha value is -1.88. The maximum Gasteiger partial charge on any atom is 0.446 e. The van der Waals surface area contributed by atoms with E-state index >= 15 is 0 Å². The molecule has 0 N–H and O–H groups in total. The summed E-state index contributed by atoms with van der Waals surface area (Å²) in [6.07, 6.45) is 0. The van der Waals surface area contributed by atoms with Crippen LogP contribution in [0.2, 0.25) is 0 Å². The molecule has 1 rings (SSSR count). The minimum Gasteiger partial charge on any atom is -0.496 e. The van der Waals surface area contributed by atoms with E-state index in [9.17, 15) is 18.0 Å². The van der Waals surface area contributed by atoms with Gasteiger partial charge in [-0.05, 0) is 30.8 Å². The Morgan fingerprint density at radius 2 is 2.10 bits per heavy atom. The van der Waals surface area contributed by atoms with E-state index in [4.69, 9.17) is 14.7 Å². The first kappa shape index (κ1) is 16.2. The van der Waals surface area contributed by atoms with Crippen molar-refractivity contribution in [3.63, 3.8) is 0 Å². The summed E-state index contributed by atoms with van der Waals surface area (Å²) < 4.78 is 47.3. The molecular weight excluding hydrogens is 295 g/mol. The van der Waals surface area contributed by atoms with Crippen LogP contribution in [0.5, 0.6) is 5.75 Å². The number of hydrogen-bond donors (Lipinski definition) is 0. The zero-order chi connectivity index (χ0) is 15.3. The van der Waals surface area contributed by atoms with Crippen molar-refractivity contribution in [1.29, 1.82) is 5.26 Å². The maximum atomic E-state index is 12.6. The number of hydrogen-bond acceptors (Lipinski definition) is 5.